The van der Waals surface area contributed by atoms with Crippen LogP contribution >= 0.6 is 0 Å². The van der Waals surface area contributed by atoms with Crippen molar-refractivity contribution in [3.63, 3.8) is 0 Å². The smallest absolute Gasteiger partial charge is 0.504 e. The summed E-state index contributed by atoms with van der Waals surface area (Å²) in [5.74, 6) is 3.02. The van der Waals surface area contributed by atoms with Gasteiger partial charge in [0, 0.05) is 116 Å². The fourth-order valence-electron chi connectivity index (χ4n) is 10.8. The van der Waals surface area contributed by atoms with Gasteiger partial charge in [-0.25, -0.2) is 0 Å². The molecule has 4 aromatic heterocycles. The molecule has 0 aliphatic carbocycles. The average Bonchev–Trinajstić information content (AvgIpc) is 4.49. The number of amides is 3. The minimum atomic E-state index is -4.58. The van der Waals surface area contributed by atoms with Gasteiger partial charge in [-0.2, -0.15) is 9.78 Å². The largest absolute Gasteiger partial charge is 0.504 e. The van der Waals surface area contributed by atoms with E-state index in [9.17, 15) is 32.7 Å². The van der Waals surface area contributed by atoms with Crippen LogP contribution in [-0.2, 0) is 27.1 Å². The second-order valence-corrected chi connectivity index (χ2v) is 21.3. The van der Waals surface area contributed by atoms with Crippen LogP contribution in [0.1, 0.15) is 53.0 Å². The standard InChI is InChI=1S/C23H21N3O2.C22H22N2O4.C19H17F3N4O2.CH4/c1-14(18-12-23(27)26-13-18)28-22-11-17(10-21-19(22)3-2-7-24-21)16-5-4-15-6-8-25-20(15)9-16;1-13(16-11-22(26)24-12-16)28-20-10-15(8-18-17(20)4-3-7-23-18)14-5-6-19(25)21(9-14)27-2;1-11(13-7-18(27)24-8-13)28-17-6-12(5-16-15(17)3-2-4-23-16)14-9-25-26(10-14)19(20,21)22;/h2-5,7-11,14,18H,6,12-13H2,1H3,(H,26,27);3-10,13,16,25H,11-12H2,1-2H3,(H,24,26);2-6,9-11,13H,7-8H2,1H3,(H,24,27);1H4/t14-,18-;13-,16-;11-,13-;/m111./s1. The molecular weight excluding hydrogens is 1090 g/mol. The Morgan fingerprint density at radius 2 is 0.988 bits per heavy atom. The summed E-state index contributed by atoms with van der Waals surface area (Å²) in [6.45, 7) is 7.73. The molecule has 0 saturated carbocycles. The highest BCUT2D eigenvalue weighted by molar-refractivity contribution is 5.93. The van der Waals surface area contributed by atoms with E-state index in [1.54, 1.807) is 48.9 Å². The molecule has 438 valence electrons. The SMILES string of the molecule is C.COc1cc(-c2cc(O[C@H](C)[C@H]3CNC(=O)C3)c3cccnc3c2)ccc1O.C[C@@H](Oc1cc(-c2ccc3c(c2)N=CC3)cc2ncccc12)[C@H]1CNC(=O)C1.C[C@@H](Oc1cc(-c2cnn(C(F)(F)F)c2)cc2ncccc12)[C@H]1CNC(=O)C1. The number of carbonyl (C=O) groups is 3. The van der Waals surface area contributed by atoms with E-state index in [2.05, 4.69) is 71.3 Å². The van der Waals surface area contributed by atoms with Crippen LogP contribution in [0.4, 0.5) is 18.9 Å². The Hall–Kier alpha value is -9.59. The number of nitrogens with one attached hydrogen (secondary N) is 3. The van der Waals surface area contributed by atoms with Gasteiger partial charge in [-0.05, 0) is 145 Å². The Labute approximate surface area is 488 Å². The van der Waals surface area contributed by atoms with E-state index in [0.717, 1.165) is 85.4 Å². The Balaban J connectivity index is 0.000000141. The fourth-order valence-corrected chi connectivity index (χ4v) is 10.8. The topological polar surface area (TPSA) is 213 Å². The number of aromatic nitrogens is 5. The summed E-state index contributed by atoms with van der Waals surface area (Å²) in [7, 11) is 1.52. The van der Waals surface area contributed by atoms with Crippen molar-refractivity contribution >= 4 is 62.3 Å². The van der Waals surface area contributed by atoms with E-state index < -0.39 is 6.30 Å². The number of alkyl halides is 3. The number of methoxy groups -OCH3 is 1. The highest BCUT2D eigenvalue weighted by Gasteiger charge is 2.33. The maximum Gasteiger partial charge on any atom is 0.504 e. The summed E-state index contributed by atoms with van der Waals surface area (Å²) in [6.07, 6.45) is 6.44. The number of halogens is 3. The lowest BCUT2D eigenvalue weighted by Crippen LogP contribution is -2.25. The van der Waals surface area contributed by atoms with Crippen LogP contribution in [0.2, 0.25) is 0 Å². The molecule has 3 fully saturated rings. The second kappa shape index (κ2) is 25.1. The Kier molecular flexibility index (Phi) is 17.3. The number of benzene rings is 5. The zero-order chi connectivity index (χ0) is 58.6. The molecule has 17 nitrogen and oxygen atoms in total. The lowest BCUT2D eigenvalue weighted by Gasteiger charge is -2.21. The molecule has 85 heavy (non-hydrogen) atoms. The van der Waals surface area contributed by atoms with E-state index in [0.29, 0.717) is 67.0 Å². The van der Waals surface area contributed by atoms with Gasteiger partial charge >= 0.3 is 6.30 Å². The first-order valence-electron chi connectivity index (χ1n) is 27.7. The van der Waals surface area contributed by atoms with Gasteiger partial charge in [0.05, 0.1) is 35.5 Å². The monoisotopic (exact) mass is 1160 g/mol. The second-order valence-electron chi connectivity index (χ2n) is 21.3. The molecule has 4 aliphatic rings. The van der Waals surface area contributed by atoms with Gasteiger partial charge in [0.15, 0.2) is 11.5 Å². The van der Waals surface area contributed by atoms with E-state index in [-0.39, 0.29) is 71.6 Å². The van der Waals surface area contributed by atoms with Crippen molar-refractivity contribution in [2.75, 3.05) is 26.7 Å². The van der Waals surface area contributed by atoms with Gasteiger partial charge in [0.25, 0.3) is 0 Å². The average molecular weight is 1160 g/mol. The summed E-state index contributed by atoms with van der Waals surface area (Å²) in [5, 5.41) is 24.4. The molecule has 5 aromatic carbocycles. The normalized spacial score (nSPS) is 18.0. The minimum Gasteiger partial charge on any atom is -0.504 e. The lowest BCUT2D eigenvalue weighted by atomic mass is 9.99. The van der Waals surface area contributed by atoms with Crippen molar-refractivity contribution in [3.8, 4) is 62.1 Å². The maximum atomic E-state index is 12.9. The first kappa shape index (κ1) is 58.6. The van der Waals surface area contributed by atoms with Crippen molar-refractivity contribution in [1.82, 2.24) is 40.7 Å². The number of ether oxygens (including phenoxy) is 4. The maximum absolute atomic E-state index is 12.9. The number of pyridine rings is 3. The summed E-state index contributed by atoms with van der Waals surface area (Å²) in [6, 6.07) is 34.5. The number of phenolic OH excluding ortho intramolecular Hbond substituents is 1. The number of fused-ring (bicyclic) bond motifs is 4. The number of carbonyl (C=O) groups excluding carboxylic acids is 3. The van der Waals surface area contributed by atoms with Crippen molar-refractivity contribution in [3.05, 3.63) is 146 Å². The summed E-state index contributed by atoms with van der Waals surface area (Å²) < 4.78 is 62.5. The van der Waals surface area contributed by atoms with Crippen molar-refractivity contribution in [2.24, 2.45) is 22.7 Å². The van der Waals surface area contributed by atoms with Crippen molar-refractivity contribution < 1.29 is 51.6 Å². The van der Waals surface area contributed by atoms with Gasteiger partial charge in [0.1, 0.15) is 35.6 Å². The van der Waals surface area contributed by atoms with Crippen LogP contribution in [-0.4, -0.2) is 98.8 Å². The molecule has 20 heteroatoms. The molecule has 0 spiro atoms. The number of rotatable bonds is 13. The molecule has 3 amide bonds. The number of phenols is 1. The van der Waals surface area contributed by atoms with E-state index in [4.69, 9.17) is 18.9 Å². The van der Waals surface area contributed by atoms with Crippen molar-refractivity contribution in [1.29, 1.82) is 0 Å². The number of nitrogens with zero attached hydrogens (tertiary/aromatic N) is 6. The van der Waals surface area contributed by atoms with Gasteiger partial charge in [-0.1, -0.05) is 25.6 Å². The van der Waals surface area contributed by atoms with Crippen LogP contribution < -0.4 is 34.9 Å². The predicted molar refractivity (Wildman–Crippen MR) is 319 cm³/mol. The number of hydrogen-bond donors (Lipinski definition) is 4. The third-order valence-electron chi connectivity index (χ3n) is 15.7. The number of aliphatic imine (C=N–C) groups is 1. The lowest BCUT2D eigenvalue weighted by molar-refractivity contribution is -0.212. The number of aromatic hydroxyl groups is 1. The molecule has 6 atom stereocenters. The fraction of sp³-hybridized carbons (Fsp3) is 0.292. The molecule has 4 N–H and O–H groups in total. The van der Waals surface area contributed by atoms with Crippen molar-refractivity contribution in [2.45, 2.75) is 78.5 Å². The van der Waals surface area contributed by atoms with Gasteiger partial charge in [-0.15, -0.1) is 13.2 Å². The first-order chi connectivity index (χ1) is 40.5. The van der Waals surface area contributed by atoms with Gasteiger partial charge in [-0.3, -0.25) is 34.3 Å². The highest BCUT2D eigenvalue weighted by Crippen LogP contribution is 2.40. The minimum absolute atomic E-state index is 0. The highest BCUT2D eigenvalue weighted by atomic mass is 19.4. The third kappa shape index (κ3) is 13.3. The van der Waals surface area contributed by atoms with Gasteiger partial charge < -0.3 is 40.0 Å². The zero-order valence-corrected chi connectivity index (χ0v) is 46.4. The van der Waals surface area contributed by atoms with E-state index in [1.165, 1.54) is 12.7 Å². The van der Waals surface area contributed by atoms with Crippen LogP contribution in [0, 0.1) is 17.8 Å². The van der Waals surface area contributed by atoms with Crippen LogP contribution in [0.3, 0.4) is 0 Å². The quantitative estimate of drug-likeness (QED) is 0.0849. The molecule has 13 rings (SSSR count). The predicted octanol–water partition coefficient (Wildman–Crippen LogP) is 11.7. The molecule has 0 bridgehead atoms. The summed E-state index contributed by atoms with van der Waals surface area (Å²) in [4.78, 5) is 52.4. The molecule has 0 unspecified atom stereocenters. The van der Waals surface area contributed by atoms with Gasteiger partial charge in [0.2, 0.25) is 17.7 Å². The molecular formula is C65H64F3N9O8. The summed E-state index contributed by atoms with van der Waals surface area (Å²) >= 11 is 0. The first-order valence-corrected chi connectivity index (χ1v) is 27.7. The van der Waals surface area contributed by atoms with Crippen LogP contribution in [0.15, 0.2) is 145 Å². The molecule has 4 aliphatic heterocycles. The third-order valence-corrected chi connectivity index (χ3v) is 15.7. The molecule has 9 aromatic rings. The van der Waals surface area contributed by atoms with Crippen LogP contribution in [0.25, 0.3) is 66.1 Å². The Morgan fingerprint density at radius 3 is 1.40 bits per heavy atom. The molecule has 3 saturated heterocycles. The molecule has 8 heterocycles. The Morgan fingerprint density at radius 1 is 0.565 bits per heavy atom. The molecule has 0 radical (unpaired) electrons. The number of hydrogen-bond acceptors (Lipinski definition) is 13. The van der Waals surface area contributed by atoms with E-state index >= 15 is 0 Å². The Bertz CT molecular complexity index is 3980. The zero-order valence-electron chi connectivity index (χ0n) is 46.4. The summed E-state index contributed by atoms with van der Waals surface area (Å²) in [5.41, 5.74) is 9.37. The van der Waals surface area contributed by atoms with E-state index in [1.807, 2.05) is 75.5 Å². The van der Waals surface area contributed by atoms with Crippen LogP contribution in [0.5, 0.6) is 28.7 Å².